The second-order valence-electron chi connectivity index (χ2n) is 4.84. The molecule has 0 saturated heterocycles. The SMILES string of the molecule is CC(=O)c1ccc(Sc2ccc(C)c(C)c2)c([N+](=O)[O-])c1. The molecule has 0 saturated carbocycles. The van der Waals surface area contributed by atoms with Crippen LogP contribution in [0.5, 0.6) is 0 Å². The topological polar surface area (TPSA) is 60.2 Å². The quantitative estimate of drug-likeness (QED) is 0.471. The fourth-order valence-corrected chi connectivity index (χ4v) is 2.87. The molecule has 5 heteroatoms. The van der Waals surface area contributed by atoms with Crippen LogP contribution in [0.1, 0.15) is 28.4 Å². The monoisotopic (exact) mass is 301 g/mol. The highest BCUT2D eigenvalue weighted by Crippen LogP contribution is 2.36. The maximum Gasteiger partial charge on any atom is 0.283 e. The zero-order valence-electron chi connectivity index (χ0n) is 12.0. The highest BCUT2D eigenvalue weighted by molar-refractivity contribution is 7.99. The molecule has 21 heavy (non-hydrogen) atoms. The lowest BCUT2D eigenvalue weighted by Gasteiger charge is -2.06. The summed E-state index contributed by atoms with van der Waals surface area (Å²) >= 11 is 1.33. The Balaban J connectivity index is 2.41. The highest BCUT2D eigenvalue weighted by atomic mass is 32.2. The van der Waals surface area contributed by atoms with Crippen LogP contribution in [0, 0.1) is 24.0 Å². The summed E-state index contributed by atoms with van der Waals surface area (Å²) in [6, 6.07) is 10.5. The number of Topliss-reactive ketones (excluding diaryl/α,β-unsaturated/α-hetero) is 1. The van der Waals surface area contributed by atoms with E-state index in [0.717, 1.165) is 10.5 Å². The van der Waals surface area contributed by atoms with Gasteiger partial charge in [-0.1, -0.05) is 17.8 Å². The molecule has 0 aliphatic heterocycles. The Morgan fingerprint density at radius 1 is 1.10 bits per heavy atom. The molecule has 2 aromatic rings. The molecule has 0 aliphatic rings. The van der Waals surface area contributed by atoms with Gasteiger partial charge in [-0.3, -0.25) is 14.9 Å². The first-order valence-corrected chi connectivity index (χ1v) is 7.24. The number of ketones is 1. The van der Waals surface area contributed by atoms with E-state index in [1.54, 1.807) is 12.1 Å². The van der Waals surface area contributed by atoms with Gasteiger partial charge in [0, 0.05) is 16.5 Å². The molecule has 2 rings (SSSR count). The van der Waals surface area contributed by atoms with Crippen LogP contribution in [0.4, 0.5) is 5.69 Å². The highest BCUT2D eigenvalue weighted by Gasteiger charge is 2.17. The van der Waals surface area contributed by atoms with Crippen LogP contribution in [-0.4, -0.2) is 10.7 Å². The molecule has 0 atom stereocenters. The molecule has 0 aliphatic carbocycles. The summed E-state index contributed by atoms with van der Waals surface area (Å²) in [5.41, 5.74) is 2.64. The van der Waals surface area contributed by atoms with Crippen molar-refractivity contribution in [2.24, 2.45) is 0 Å². The molecule has 0 bridgehead atoms. The first kappa shape index (κ1) is 15.3. The largest absolute Gasteiger partial charge is 0.295 e. The Kier molecular flexibility index (Phi) is 4.43. The molecule has 0 heterocycles. The summed E-state index contributed by atoms with van der Waals surface area (Å²) in [5.74, 6) is -0.180. The predicted molar refractivity (Wildman–Crippen MR) is 83.1 cm³/mol. The van der Waals surface area contributed by atoms with Gasteiger partial charge >= 0.3 is 0 Å². The van der Waals surface area contributed by atoms with Crippen molar-refractivity contribution in [2.45, 2.75) is 30.6 Å². The Hall–Kier alpha value is -2.14. The van der Waals surface area contributed by atoms with Crippen molar-refractivity contribution in [3.8, 4) is 0 Å². The number of carbonyl (C=O) groups is 1. The molecular formula is C16H15NO3S. The minimum Gasteiger partial charge on any atom is -0.295 e. The van der Waals surface area contributed by atoms with Gasteiger partial charge in [0.1, 0.15) is 0 Å². The maximum atomic E-state index is 11.3. The van der Waals surface area contributed by atoms with E-state index in [1.807, 2.05) is 32.0 Å². The van der Waals surface area contributed by atoms with Crippen LogP contribution >= 0.6 is 11.8 Å². The van der Waals surface area contributed by atoms with Crippen molar-refractivity contribution in [1.82, 2.24) is 0 Å². The second kappa shape index (κ2) is 6.10. The lowest BCUT2D eigenvalue weighted by atomic mass is 10.1. The normalized spacial score (nSPS) is 10.4. The van der Waals surface area contributed by atoms with Gasteiger partial charge < -0.3 is 0 Å². The van der Waals surface area contributed by atoms with Gasteiger partial charge in [-0.25, -0.2) is 0 Å². The van der Waals surface area contributed by atoms with Crippen molar-refractivity contribution in [1.29, 1.82) is 0 Å². The molecule has 0 N–H and O–H groups in total. The lowest BCUT2D eigenvalue weighted by molar-refractivity contribution is -0.387. The molecule has 2 aromatic carbocycles. The van der Waals surface area contributed by atoms with Crippen LogP contribution in [0.15, 0.2) is 46.2 Å². The molecule has 0 unspecified atom stereocenters. The first-order valence-electron chi connectivity index (χ1n) is 6.43. The third-order valence-electron chi connectivity index (χ3n) is 3.27. The summed E-state index contributed by atoms with van der Waals surface area (Å²) in [6.45, 7) is 5.43. The Bertz CT molecular complexity index is 725. The number of hydrogen-bond donors (Lipinski definition) is 0. The number of nitro benzene ring substituents is 1. The zero-order chi connectivity index (χ0) is 15.6. The second-order valence-corrected chi connectivity index (χ2v) is 5.96. The van der Waals surface area contributed by atoms with Gasteiger partial charge in [-0.2, -0.15) is 0 Å². The summed E-state index contributed by atoms with van der Waals surface area (Å²) < 4.78 is 0. The van der Waals surface area contributed by atoms with Crippen molar-refractivity contribution in [3.63, 3.8) is 0 Å². The summed E-state index contributed by atoms with van der Waals surface area (Å²) in [4.78, 5) is 23.6. The molecule has 4 nitrogen and oxygen atoms in total. The predicted octanol–water partition coefficient (Wildman–Crippen LogP) is 4.57. The molecule has 0 fully saturated rings. The van der Waals surface area contributed by atoms with Gasteiger partial charge in [0.05, 0.1) is 9.82 Å². The van der Waals surface area contributed by atoms with Crippen LogP contribution in [0.2, 0.25) is 0 Å². The fraction of sp³-hybridized carbons (Fsp3) is 0.188. The van der Waals surface area contributed by atoms with Gasteiger partial charge in [0.2, 0.25) is 0 Å². The molecule has 0 radical (unpaired) electrons. The average Bonchev–Trinajstić information content (AvgIpc) is 2.43. The first-order chi connectivity index (χ1) is 9.88. The van der Waals surface area contributed by atoms with Crippen molar-refractivity contribution in [2.75, 3.05) is 0 Å². The Morgan fingerprint density at radius 2 is 1.81 bits per heavy atom. The van der Waals surface area contributed by atoms with Crippen LogP contribution in [0.25, 0.3) is 0 Å². The minimum atomic E-state index is -0.449. The van der Waals surface area contributed by atoms with Crippen LogP contribution < -0.4 is 0 Å². The van der Waals surface area contributed by atoms with Crippen LogP contribution in [0.3, 0.4) is 0 Å². The zero-order valence-corrected chi connectivity index (χ0v) is 12.9. The van der Waals surface area contributed by atoms with Crippen molar-refractivity contribution in [3.05, 3.63) is 63.2 Å². The van der Waals surface area contributed by atoms with E-state index in [9.17, 15) is 14.9 Å². The summed E-state index contributed by atoms with van der Waals surface area (Å²) in [5, 5.41) is 11.2. The van der Waals surface area contributed by atoms with E-state index in [4.69, 9.17) is 0 Å². The van der Waals surface area contributed by atoms with E-state index in [0.29, 0.717) is 10.5 Å². The third-order valence-corrected chi connectivity index (χ3v) is 4.32. The van der Waals surface area contributed by atoms with Gasteiger partial charge in [-0.15, -0.1) is 0 Å². The minimum absolute atomic E-state index is 0.0362. The summed E-state index contributed by atoms with van der Waals surface area (Å²) in [6.07, 6.45) is 0. The Morgan fingerprint density at radius 3 is 2.38 bits per heavy atom. The maximum absolute atomic E-state index is 11.3. The van der Waals surface area contributed by atoms with Crippen LogP contribution in [-0.2, 0) is 0 Å². The van der Waals surface area contributed by atoms with Gasteiger partial charge in [0.15, 0.2) is 5.78 Å². The molecular weight excluding hydrogens is 286 g/mol. The van der Waals surface area contributed by atoms with Gasteiger partial charge in [-0.05, 0) is 56.2 Å². The number of hydrogen-bond acceptors (Lipinski definition) is 4. The molecule has 0 aromatic heterocycles. The fourth-order valence-electron chi connectivity index (χ4n) is 1.87. The van der Waals surface area contributed by atoms with E-state index in [2.05, 4.69) is 0 Å². The molecule has 0 spiro atoms. The van der Waals surface area contributed by atoms with E-state index in [1.165, 1.54) is 30.3 Å². The standard InChI is InChI=1S/C16H15NO3S/c1-10-4-6-14(8-11(10)2)21-16-7-5-13(12(3)18)9-15(16)17(19)20/h4-9H,1-3H3. The lowest BCUT2D eigenvalue weighted by Crippen LogP contribution is -1.97. The third kappa shape index (κ3) is 3.49. The summed E-state index contributed by atoms with van der Waals surface area (Å²) in [7, 11) is 0. The smallest absolute Gasteiger partial charge is 0.283 e. The van der Waals surface area contributed by atoms with E-state index < -0.39 is 4.92 Å². The molecule has 0 amide bonds. The van der Waals surface area contributed by atoms with E-state index >= 15 is 0 Å². The number of rotatable bonds is 4. The van der Waals surface area contributed by atoms with Crippen molar-refractivity contribution >= 4 is 23.2 Å². The number of nitro groups is 1. The number of carbonyl (C=O) groups excluding carboxylic acids is 1. The number of aryl methyl sites for hydroxylation is 2. The van der Waals surface area contributed by atoms with Crippen molar-refractivity contribution < 1.29 is 9.72 Å². The average molecular weight is 301 g/mol. The number of benzene rings is 2. The number of nitrogens with zero attached hydrogens (tertiary/aromatic N) is 1. The van der Waals surface area contributed by atoms with E-state index in [-0.39, 0.29) is 11.5 Å². The Labute approximate surface area is 127 Å². The van der Waals surface area contributed by atoms with Gasteiger partial charge in [0.25, 0.3) is 5.69 Å². The molecule has 108 valence electrons.